The normalized spacial score (nSPS) is 10.6. The zero-order valence-electron chi connectivity index (χ0n) is 10.8. The Kier molecular flexibility index (Phi) is 3.40. The minimum atomic E-state index is 0.523. The third kappa shape index (κ3) is 2.12. The Balaban J connectivity index is 2.50. The van der Waals surface area contributed by atoms with Crippen molar-refractivity contribution in [3.63, 3.8) is 0 Å². The van der Waals surface area contributed by atoms with E-state index in [0.29, 0.717) is 16.5 Å². The molecule has 0 unspecified atom stereocenters. The predicted molar refractivity (Wildman–Crippen MR) is 77.7 cm³/mol. The Bertz CT molecular complexity index is 601. The smallest absolute Gasteiger partial charge is 0.128 e. The van der Waals surface area contributed by atoms with Gasteiger partial charge >= 0.3 is 0 Å². The molecule has 1 aromatic heterocycles. The SMILES string of the molecule is Cc1sc(C#N)c(N)c1-c1ccc(C(C)C)cc1. The number of nitrogens with two attached hydrogens (primary N) is 1. The Morgan fingerprint density at radius 3 is 2.28 bits per heavy atom. The van der Waals surface area contributed by atoms with Gasteiger partial charge in [-0.1, -0.05) is 38.1 Å². The van der Waals surface area contributed by atoms with Crippen molar-refractivity contribution in [3.05, 3.63) is 39.6 Å². The molecule has 1 aromatic carbocycles. The molecule has 2 rings (SSSR count). The average Bonchev–Trinajstić information content (AvgIpc) is 2.64. The van der Waals surface area contributed by atoms with E-state index in [-0.39, 0.29) is 0 Å². The number of nitriles is 1. The molecule has 0 aliphatic heterocycles. The second kappa shape index (κ2) is 4.83. The van der Waals surface area contributed by atoms with Crippen LogP contribution >= 0.6 is 11.3 Å². The van der Waals surface area contributed by atoms with E-state index in [1.54, 1.807) is 0 Å². The van der Waals surface area contributed by atoms with Gasteiger partial charge in [0.25, 0.3) is 0 Å². The highest BCUT2D eigenvalue weighted by atomic mass is 32.1. The molecule has 0 amide bonds. The van der Waals surface area contributed by atoms with Gasteiger partial charge in [0.15, 0.2) is 0 Å². The first-order valence-electron chi connectivity index (χ1n) is 5.94. The van der Waals surface area contributed by atoms with Gasteiger partial charge in [0.2, 0.25) is 0 Å². The van der Waals surface area contributed by atoms with Gasteiger partial charge in [-0.15, -0.1) is 11.3 Å². The molecule has 2 nitrogen and oxygen atoms in total. The number of hydrogen-bond donors (Lipinski definition) is 1. The topological polar surface area (TPSA) is 49.8 Å². The number of benzene rings is 1. The first kappa shape index (κ1) is 12.7. The molecule has 0 radical (unpaired) electrons. The molecule has 0 aliphatic carbocycles. The van der Waals surface area contributed by atoms with Crippen LogP contribution in [0.2, 0.25) is 0 Å². The Morgan fingerprint density at radius 2 is 1.83 bits per heavy atom. The summed E-state index contributed by atoms with van der Waals surface area (Å²) in [5.41, 5.74) is 10.0. The van der Waals surface area contributed by atoms with Crippen molar-refractivity contribution in [2.24, 2.45) is 0 Å². The molecule has 1 heterocycles. The van der Waals surface area contributed by atoms with Crippen molar-refractivity contribution in [2.45, 2.75) is 26.7 Å². The summed E-state index contributed by atoms with van der Waals surface area (Å²) in [6.45, 7) is 6.35. The van der Waals surface area contributed by atoms with Gasteiger partial charge in [-0.25, -0.2) is 0 Å². The summed E-state index contributed by atoms with van der Waals surface area (Å²) in [5, 5.41) is 9.00. The summed E-state index contributed by atoms with van der Waals surface area (Å²) in [6.07, 6.45) is 0. The zero-order valence-corrected chi connectivity index (χ0v) is 11.6. The number of aryl methyl sites for hydroxylation is 1. The minimum Gasteiger partial charge on any atom is -0.396 e. The largest absolute Gasteiger partial charge is 0.396 e. The van der Waals surface area contributed by atoms with E-state index in [9.17, 15) is 0 Å². The van der Waals surface area contributed by atoms with Crippen molar-refractivity contribution in [2.75, 3.05) is 5.73 Å². The number of thiophene rings is 1. The fourth-order valence-electron chi connectivity index (χ4n) is 2.04. The van der Waals surface area contributed by atoms with Crippen LogP contribution in [0.4, 0.5) is 5.69 Å². The van der Waals surface area contributed by atoms with Gasteiger partial charge in [-0.2, -0.15) is 5.26 Å². The highest BCUT2D eigenvalue weighted by molar-refractivity contribution is 7.13. The van der Waals surface area contributed by atoms with Crippen molar-refractivity contribution >= 4 is 17.0 Å². The van der Waals surface area contributed by atoms with E-state index < -0.39 is 0 Å². The molecule has 92 valence electrons. The number of anilines is 1. The number of hydrogen-bond acceptors (Lipinski definition) is 3. The van der Waals surface area contributed by atoms with E-state index in [2.05, 4.69) is 44.2 Å². The van der Waals surface area contributed by atoms with Crippen molar-refractivity contribution in [1.82, 2.24) is 0 Å². The van der Waals surface area contributed by atoms with E-state index in [1.807, 2.05) is 6.92 Å². The maximum Gasteiger partial charge on any atom is 0.128 e. The van der Waals surface area contributed by atoms with E-state index in [0.717, 1.165) is 16.0 Å². The third-order valence-corrected chi connectivity index (χ3v) is 4.11. The molecule has 0 spiro atoms. The van der Waals surface area contributed by atoms with E-state index in [4.69, 9.17) is 11.0 Å². The van der Waals surface area contributed by atoms with Gasteiger partial charge in [0, 0.05) is 10.4 Å². The Morgan fingerprint density at radius 1 is 1.22 bits per heavy atom. The maximum atomic E-state index is 9.00. The van der Waals surface area contributed by atoms with Crippen molar-refractivity contribution < 1.29 is 0 Å². The molecular weight excluding hydrogens is 240 g/mol. The van der Waals surface area contributed by atoms with Crippen LogP contribution in [0.5, 0.6) is 0 Å². The highest BCUT2D eigenvalue weighted by Crippen LogP contribution is 2.38. The standard InChI is InChI=1S/C15H16N2S/c1-9(2)11-4-6-12(7-5-11)14-10(3)18-13(8-16)15(14)17/h4-7,9H,17H2,1-3H3. The Labute approximate surface area is 112 Å². The molecule has 0 bridgehead atoms. The van der Waals surface area contributed by atoms with Crippen LogP contribution in [0.25, 0.3) is 11.1 Å². The van der Waals surface area contributed by atoms with Crippen LogP contribution in [0, 0.1) is 18.3 Å². The summed E-state index contributed by atoms with van der Waals surface area (Å²) in [4.78, 5) is 1.71. The summed E-state index contributed by atoms with van der Waals surface area (Å²) in [6, 6.07) is 10.6. The van der Waals surface area contributed by atoms with Crippen LogP contribution < -0.4 is 5.73 Å². The molecule has 0 saturated carbocycles. The van der Waals surface area contributed by atoms with Crippen molar-refractivity contribution in [1.29, 1.82) is 5.26 Å². The van der Waals surface area contributed by atoms with Crippen LogP contribution in [-0.4, -0.2) is 0 Å². The van der Waals surface area contributed by atoms with E-state index in [1.165, 1.54) is 16.9 Å². The molecule has 0 saturated heterocycles. The van der Waals surface area contributed by atoms with Gasteiger partial charge < -0.3 is 5.73 Å². The van der Waals surface area contributed by atoms with Crippen LogP contribution in [0.1, 0.15) is 35.1 Å². The first-order valence-corrected chi connectivity index (χ1v) is 6.75. The molecule has 0 aliphatic rings. The molecule has 3 heteroatoms. The lowest BCUT2D eigenvalue weighted by Gasteiger charge is -2.07. The second-order valence-corrected chi connectivity index (χ2v) is 5.89. The second-order valence-electron chi connectivity index (χ2n) is 4.66. The molecular formula is C15H16N2S. The number of nitrogens with zero attached hydrogens (tertiary/aromatic N) is 1. The summed E-state index contributed by atoms with van der Waals surface area (Å²) >= 11 is 1.46. The lowest BCUT2D eigenvalue weighted by molar-refractivity contribution is 0.867. The molecule has 0 atom stereocenters. The highest BCUT2D eigenvalue weighted by Gasteiger charge is 2.14. The monoisotopic (exact) mass is 256 g/mol. The summed E-state index contributed by atoms with van der Waals surface area (Å²) in [7, 11) is 0. The summed E-state index contributed by atoms with van der Waals surface area (Å²) in [5.74, 6) is 0.523. The molecule has 2 N–H and O–H groups in total. The molecule has 18 heavy (non-hydrogen) atoms. The number of nitrogen functional groups attached to an aromatic ring is 1. The average molecular weight is 256 g/mol. The van der Waals surface area contributed by atoms with Gasteiger partial charge in [0.1, 0.15) is 10.9 Å². The molecule has 2 aromatic rings. The molecule has 0 fully saturated rings. The third-order valence-electron chi connectivity index (χ3n) is 3.09. The fraction of sp³-hybridized carbons (Fsp3) is 0.267. The fourth-order valence-corrected chi connectivity index (χ4v) is 2.93. The maximum absolute atomic E-state index is 9.00. The van der Waals surface area contributed by atoms with Crippen LogP contribution in [0.3, 0.4) is 0 Å². The minimum absolute atomic E-state index is 0.523. The lowest BCUT2D eigenvalue weighted by Crippen LogP contribution is -1.91. The van der Waals surface area contributed by atoms with Gasteiger partial charge in [-0.3, -0.25) is 0 Å². The first-order chi connectivity index (χ1) is 8.54. The van der Waals surface area contributed by atoms with Crippen LogP contribution in [0.15, 0.2) is 24.3 Å². The predicted octanol–water partition coefficient (Wildman–Crippen LogP) is 4.30. The van der Waals surface area contributed by atoms with E-state index >= 15 is 0 Å². The lowest BCUT2D eigenvalue weighted by atomic mass is 9.98. The summed E-state index contributed by atoms with van der Waals surface area (Å²) < 4.78 is 0. The number of rotatable bonds is 2. The zero-order chi connectivity index (χ0) is 13.3. The van der Waals surface area contributed by atoms with Crippen LogP contribution in [-0.2, 0) is 0 Å². The van der Waals surface area contributed by atoms with Crippen molar-refractivity contribution in [3.8, 4) is 17.2 Å². The quantitative estimate of drug-likeness (QED) is 0.870. The Hall–Kier alpha value is -1.79. The van der Waals surface area contributed by atoms with Gasteiger partial charge in [0.05, 0.1) is 5.69 Å². The van der Waals surface area contributed by atoms with Gasteiger partial charge in [-0.05, 0) is 24.0 Å².